The Morgan fingerprint density at radius 2 is 1.84 bits per heavy atom. The molecule has 2 aromatic rings. The van der Waals surface area contributed by atoms with E-state index in [0.717, 1.165) is 25.1 Å². The van der Waals surface area contributed by atoms with Gasteiger partial charge < -0.3 is 11.1 Å². The van der Waals surface area contributed by atoms with Crippen LogP contribution in [-0.2, 0) is 6.42 Å². The third-order valence-corrected chi connectivity index (χ3v) is 3.35. The van der Waals surface area contributed by atoms with Gasteiger partial charge in [0.2, 0.25) is 0 Å². The van der Waals surface area contributed by atoms with E-state index in [4.69, 9.17) is 5.73 Å². The molecule has 0 fully saturated rings. The van der Waals surface area contributed by atoms with E-state index in [1.165, 1.54) is 11.1 Å². The van der Waals surface area contributed by atoms with Crippen LogP contribution in [0, 0.1) is 0 Å². The van der Waals surface area contributed by atoms with Gasteiger partial charge in [-0.25, -0.2) is 0 Å². The highest BCUT2D eigenvalue weighted by Gasteiger charge is 2.04. The molecule has 2 nitrogen and oxygen atoms in total. The number of nitrogen functional groups attached to an aromatic ring is 1. The van der Waals surface area contributed by atoms with Crippen LogP contribution < -0.4 is 11.1 Å². The van der Waals surface area contributed by atoms with Gasteiger partial charge in [-0.05, 0) is 49.6 Å². The monoisotopic (exact) mass is 254 g/mol. The number of aryl methyl sites for hydroxylation is 1. The van der Waals surface area contributed by atoms with Crippen molar-refractivity contribution < 1.29 is 0 Å². The van der Waals surface area contributed by atoms with E-state index in [2.05, 4.69) is 48.6 Å². The normalized spacial score (nSPS) is 12.3. The first-order chi connectivity index (χ1) is 9.25. The second-order valence-electron chi connectivity index (χ2n) is 4.94. The predicted molar refractivity (Wildman–Crippen MR) is 82.0 cm³/mol. The Morgan fingerprint density at radius 3 is 2.58 bits per heavy atom. The molecule has 19 heavy (non-hydrogen) atoms. The van der Waals surface area contributed by atoms with Crippen LogP contribution in [0.3, 0.4) is 0 Å². The fraction of sp³-hybridized carbons (Fsp3) is 0.294. The number of rotatable bonds is 6. The summed E-state index contributed by atoms with van der Waals surface area (Å²) in [5.74, 6) is 0. The summed E-state index contributed by atoms with van der Waals surface area (Å²) in [5, 5.41) is 3.54. The number of hydrogen-bond donors (Lipinski definition) is 2. The minimum absolute atomic E-state index is 0.347. The fourth-order valence-electron chi connectivity index (χ4n) is 2.20. The number of nitrogens with two attached hydrogens (primary N) is 1. The lowest BCUT2D eigenvalue weighted by Crippen LogP contribution is -2.20. The van der Waals surface area contributed by atoms with Crippen LogP contribution >= 0.6 is 0 Å². The second kappa shape index (κ2) is 6.95. The minimum Gasteiger partial charge on any atom is -0.399 e. The summed E-state index contributed by atoms with van der Waals surface area (Å²) >= 11 is 0. The third-order valence-electron chi connectivity index (χ3n) is 3.35. The van der Waals surface area contributed by atoms with Crippen molar-refractivity contribution in [3.8, 4) is 0 Å². The van der Waals surface area contributed by atoms with E-state index < -0.39 is 0 Å². The summed E-state index contributed by atoms with van der Waals surface area (Å²) in [6, 6.07) is 19.0. The molecule has 0 aliphatic carbocycles. The Balaban J connectivity index is 1.74. The Labute approximate surface area is 115 Å². The molecule has 0 spiro atoms. The fourth-order valence-corrected chi connectivity index (χ4v) is 2.20. The van der Waals surface area contributed by atoms with Crippen molar-refractivity contribution in [3.05, 3.63) is 65.7 Å². The molecule has 0 bridgehead atoms. The first kappa shape index (κ1) is 13.6. The van der Waals surface area contributed by atoms with Crippen LogP contribution in [-0.4, -0.2) is 6.54 Å². The summed E-state index contributed by atoms with van der Waals surface area (Å²) in [6.45, 7) is 3.20. The van der Waals surface area contributed by atoms with Gasteiger partial charge in [-0.1, -0.05) is 42.5 Å². The van der Waals surface area contributed by atoms with Crippen LogP contribution in [0.15, 0.2) is 54.6 Å². The first-order valence-corrected chi connectivity index (χ1v) is 6.88. The summed E-state index contributed by atoms with van der Waals surface area (Å²) in [4.78, 5) is 0. The van der Waals surface area contributed by atoms with E-state index in [1.807, 2.05) is 18.2 Å². The third kappa shape index (κ3) is 4.42. The molecule has 2 aromatic carbocycles. The van der Waals surface area contributed by atoms with E-state index in [0.29, 0.717) is 6.04 Å². The molecule has 0 aromatic heterocycles. The second-order valence-corrected chi connectivity index (χ2v) is 4.94. The lowest BCUT2D eigenvalue weighted by atomic mass is 10.1. The predicted octanol–water partition coefficient (Wildman–Crippen LogP) is 3.55. The van der Waals surface area contributed by atoms with Gasteiger partial charge in [0.15, 0.2) is 0 Å². The maximum Gasteiger partial charge on any atom is 0.0317 e. The molecular weight excluding hydrogens is 232 g/mol. The zero-order chi connectivity index (χ0) is 13.5. The van der Waals surface area contributed by atoms with Gasteiger partial charge in [0.25, 0.3) is 0 Å². The molecule has 0 amide bonds. The average molecular weight is 254 g/mol. The molecule has 1 atom stereocenters. The molecular formula is C17H22N2. The minimum atomic E-state index is 0.347. The SMILES string of the molecule is C[C@H](NCCCc1ccccc1)c1cccc(N)c1. The Hall–Kier alpha value is -1.80. The molecule has 2 rings (SSSR count). The van der Waals surface area contributed by atoms with Crippen LogP contribution in [0.5, 0.6) is 0 Å². The van der Waals surface area contributed by atoms with Crippen molar-refractivity contribution in [2.24, 2.45) is 0 Å². The van der Waals surface area contributed by atoms with E-state index >= 15 is 0 Å². The van der Waals surface area contributed by atoms with Crippen LogP contribution in [0.1, 0.15) is 30.5 Å². The van der Waals surface area contributed by atoms with Crippen LogP contribution in [0.2, 0.25) is 0 Å². The molecule has 100 valence electrons. The van der Waals surface area contributed by atoms with Gasteiger partial charge in [-0.2, -0.15) is 0 Å². The van der Waals surface area contributed by atoms with Crippen molar-refractivity contribution >= 4 is 5.69 Å². The Morgan fingerprint density at radius 1 is 1.05 bits per heavy atom. The van der Waals surface area contributed by atoms with Gasteiger partial charge in [-0.3, -0.25) is 0 Å². The first-order valence-electron chi connectivity index (χ1n) is 6.88. The van der Waals surface area contributed by atoms with Crippen molar-refractivity contribution in [2.45, 2.75) is 25.8 Å². The molecule has 0 saturated heterocycles. The largest absolute Gasteiger partial charge is 0.399 e. The molecule has 0 saturated carbocycles. The zero-order valence-corrected chi connectivity index (χ0v) is 11.5. The van der Waals surface area contributed by atoms with E-state index in [9.17, 15) is 0 Å². The highest BCUT2D eigenvalue weighted by molar-refractivity contribution is 5.41. The summed E-state index contributed by atoms with van der Waals surface area (Å²) < 4.78 is 0. The van der Waals surface area contributed by atoms with Gasteiger partial charge >= 0.3 is 0 Å². The molecule has 0 aliphatic rings. The number of nitrogens with one attached hydrogen (secondary N) is 1. The number of hydrogen-bond acceptors (Lipinski definition) is 2. The number of anilines is 1. The number of benzene rings is 2. The Bertz CT molecular complexity index is 494. The topological polar surface area (TPSA) is 38.0 Å². The molecule has 0 aliphatic heterocycles. The summed E-state index contributed by atoms with van der Waals surface area (Å²) in [6.07, 6.45) is 2.27. The quantitative estimate of drug-likeness (QED) is 0.611. The molecule has 3 N–H and O–H groups in total. The van der Waals surface area contributed by atoms with Gasteiger partial charge in [0.05, 0.1) is 0 Å². The highest BCUT2D eigenvalue weighted by atomic mass is 14.9. The average Bonchev–Trinajstić information content (AvgIpc) is 2.44. The van der Waals surface area contributed by atoms with Crippen LogP contribution in [0.25, 0.3) is 0 Å². The highest BCUT2D eigenvalue weighted by Crippen LogP contribution is 2.15. The lowest BCUT2D eigenvalue weighted by molar-refractivity contribution is 0.558. The van der Waals surface area contributed by atoms with Crippen molar-refractivity contribution in [1.82, 2.24) is 5.32 Å². The van der Waals surface area contributed by atoms with Crippen molar-refractivity contribution in [3.63, 3.8) is 0 Å². The summed E-state index contributed by atoms with van der Waals surface area (Å²) in [5.41, 5.74) is 9.28. The van der Waals surface area contributed by atoms with Crippen molar-refractivity contribution in [1.29, 1.82) is 0 Å². The molecule has 0 heterocycles. The Kier molecular flexibility index (Phi) is 4.99. The maximum absolute atomic E-state index is 5.80. The molecule has 0 radical (unpaired) electrons. The zero-order valence-electron chi connectivity index (χ0n) is 11.5. The van der Waals surface area contributed by atoms with Gasteiger partial charge in [0, 0.05) is 11.7 Å². The van der Waals surface area contributed by atoms with Gasteiger partial charge in [0.1, 0.15) is 0 Å². The van der Waals surface area contributed by atoms with Crippen LogP contribution in [0.4, 0.5) is 5.69 Å². The maximum atomic E-state index is 5.80. The van der Waals surface area contributed by atoms with Crippen molar-refractivity contribution in [2.75, 3.05) is 12.3 Å². The van der Waals surface area contributed by atoms with E-state index in [1.54, 1.807) is 0 Å². The summed E-state index contributed by atoms with van der Waals surface area (Å²) in [7, 11) is 0. The standard InChI is InChI=1S/C17H22N2/c1-14(16-10-5-11-17(18)13-16)19-12-6-9-15-7-3-2-4-8-15/h2-5,7-8,10-11,13-14,19H,6,9,12,18H2,1H3/t14-/m0/s1. The lowest BCUT2D eigenvalue weighted by Gasteiger charge is -2.14. The van der Waals surface area contributed by atoms with E-state index in [-0.39, 0.29) is 0 Å². The molecule has 0 unspecified atom stereocenters. The van der Waals surface area contributed by atoms with Gasteiger partial charge in [-0.15, -0.1) is 0 Å². The molecule has 2 heteroatoms. The smallest absolute Gasteiger partial charge is 0.0317 e.